The van der Waals surface area contributed by atoms with Crippen LogP contribution in [0.5, 0.6) is 0 Å². The first kappa shape index (κ1) is 33.2. The maximum absolute atomic E-state index is 3.49. The molecule has 0 amide bonds. The van der Waals surface area contributed by atoms with Crippen molar-refractivity contribution in [2.75, 3.05) is 10.2 Å². The highest BCUT2D eigenvalue weighted by atomic mass is 15.1. The summed E-state index contributed by atoms with van der Waals surface area (Å²) in [5, 5.41) is 8.42. The molecule has 56 heavy (non-hydrogen) atoms. The molecule has 1 aliphatic carbocycles. The zero-order chi connectivity index (χ0) is 37.3. The third kappa shape index (κ3) is 6.25. The van der Waals surface area contributed by atoms with E-state index in [1.54, 1.807) is 0 Å². The summed E-state index contributed by atoms with van der Waals surface area (Å²) in [6, 6.07) is 67.7. The van der Waals surface area contributed by atoms with Gasteiger partial charge in [0.1, 0.15) is 0 Å². The minimum atomic E-state index is 0.907. The third-order valence-electron chi connectivity index (χ3n) is 10.8. The van der Waals surface area contributed by atoms with E-state index in [9.17, 15) is 0 Å². The Kier molecular flexibility index (Phi) is 8.58. The van der Waals surface area contributed by atoms with Crippen LogP contribution in [0.4, 0.5) is 22.7 Å². The van der Waals surface area contributed by atoms with Crippen molar-refractivity contribution in [1.29, 1.82) is 0 Å². The number of nitrogens with one attached hydrogen (secondary N) is 1. The standard InChI is InChI=1S/C53H39N3/c1-2-10-19-45(18-9-1)55(46-30-23-41(24-31-46)39-21-28-44(29-22-39)54-43-16-7-4-8-17-43)48-34-36-52-51(37-48)50-35-27-42-15-11-12-20-49(42)53(50)56(52)47-32-25-40(26-33-47)38-13-5-3-6-14-38/h1,3-37,54H,2H2. The van der Waals surface area contributed by atoms with Gasteiger partial charge in [-0.25, -0.2) is 0 Å². The molecule has 0 bridgehead atoms. The maximum Gasteiger partial charge on any atom is 0.0619 e. The summed E-state index contributed by atoms with van der Waals surface area (Å²) < 4.78 is 2.44. The fraction of sp³-hybridized carbons (Fsp3) is 0.0189. The van der Waals surface area contributed by atoms with Gasteiger partial charge in [0.2, 0.25) is 0 Å². The summed E-state index contributed by atoms with van der Waals surface area (Å²) in [5.74, 6) is 0. The lowest BCUT2D eigenvalue weighted by molar-refractivity contribution is 1.18. The molecule has 0 radical (unpaired) electrons. The number of fused-ring (bicyclic) bond motifs is 5. The Balaban J connectivity index is 1.07. The lowest BCUT2D eigenvalue weighted by Gasteiger charge is -2.26. The van der Waals surface area contributed by atoms with Gasteiger partial charge in [-0.15, -0.1) is 0 Å². The zero-order valence-corrected chi connectivity index (χ0v) is 30.9. The molecule has 0 fully saturated rings. The maximum atomic E-state index is 3.49. The highest BCUT2D eigenvalue weighted by Crippen LogP contribution is 2.41. The first-order chi connectivity index (χ1) is 27.8. The van der Waals surface area contributed by atoms with Gasteiger partial charge in [-0.1, -0.05) is 140 Å². The van der Waals surface area contributed by atoms with Crippen LogP contribution in [-0.4, -0.2) is 4.57 Å². The Morgan fingerprint density at radius 3 is 1.86 bits per heavy atom. The number of allylic oxidation sites excluding steroid dienone is 5. The van der Waals surface area contributed by atoms with E-state index in [0.717, 1.165) is 40.6 Å². The second kappa shape index (κ2) is 14.5. The zero-order valence-electron chi connectivity index (χ0n) is 30.9. The van der Waals surface area contributed by atoms with Crippen LogP contribution < -0.4 is 10.2 Å². The van der Waals surface area contributed by atoms with Crippen LogP contribution in [0.25, 0.3) is 60.5 Å². The van der Waals surface area contributed by atoms with E-state index < -0.39 is 0 Å². The molecule has 266 valence electrons. The molecule has 8 aromatic carbocycles. The average molecular weight is 718 g/mol. The number of hydrogen-bond acceptors (Lipinski definition) is 2. The summed E-state index contributed by atoms with van der Waals surface area (Å²) in [5.41, 5.74) is 13.8. The van der Waals surface area contributed by atoms with E-state index in [2.05, 4.69) is 215 Å². The van der Waals surface area contributed by atoms with Gasteiger partial charge >= 0.3 is 0 Å². The second-order valence-corrected chi connectivity index (χ2v) is 14.2. The summed E-state index contributed by atoms with van der Waals surface area (Å²) in [7, 11) is 0. The van der Waals surface area contributed by atoms with Crippen molar-refractivity contribution < 1.29 is 0 Å². The van der Waals surface area contributed by atoms with Crippen molar-refractivity contribution in [2.45, 2.75) is 6.42 Å². The number of nitrogens with zero attached hydrogens (tertiary/aromatic N) is 2. The quantitative estimate of drug-likeness (QED) is 0.169. The first-order valence-electron chi connectivity index (χ1n) is 19.2. The Morgan fingerprint density at radius 1 is 0.464 bits per heavy atom. The number of para-hydroxylation sites is 1. The molecular formula is C53H39N3. The molecular weight excluding hydrogens is 679 g/mol. The van der Waals surface area contributed by atoms with Crippen LogP contribution in [0.3, 0.4) is 0 Å². The average Bonchev–Trinajstić information content (AvgIpc) is 3.37. The molecule has 0 saturated heterocycles. The largest absolute Gasteiger partial charge is 0.356 e. The van der Waals surface area contributed by atoms with Gasteiger partial charge in [-0.3, -0.25) is 0 Å². The van der Waals surface area contributed by atoms with Gasteiger partial charge in [0.25, 0.3) is 0 Å². The monoisotopic (exact) mass is 717 g/mol. The lowest BCUT2D eigenvalue weighted by Crippen LogP contribution is -2.15. The molecule has 3 nitrogen and oxygen atoms in total. The summed E-state index contributed by atoms with van der Waals surface area (Å²) >= 11 is 0. The normalized spacial score (nSPS) is 12.5. The molecule has 1 aliphatic rings. The SMILES string of the molecule is C1=CCC=CC(N(c2ccc(-c3ccc(Nc4ccccc4)cc3)cc2)c2ccc3c(c2)c2ccc4ccccc4c2n3-c2ccc(-c3ccccc3)cc2)=C1. The molecule has 0 unspecified atom stereocenters. The Labute approximate surface area is 327 Å². The van der Waals surface area contributed by atoms with Gasteiger partial charge in [0.15, 0.2) is 0 Å². The van der Waals surface area contributed by atoms with Gasteiger partial charge in [-0.2, -0.15) is 0 Å². The van der Waals surface area contributed by atoms with E-state index in [4.69, 9.17) is 0 Å². The van der Waals surface area contributed by atoms with Crippen molar-refractivity contribution in [3.63, 3.8) is 0 Å². The predicted octanol–water partition coefficient (Wildman–Crippen LogP) is 14.6. The van der Waals surface area contributed by atoms with Crippen LogP contribution in [0.15, 0.2) is 224 Å². The molecule has 9 aromatic rings. The number of rotatable bonds is 8. The molecule has 0 atom stereocenters. The lowest BCUT2D eigenvalue weighted by atomic mass is 10.0. The van der Waals surface area contributed by atoms with E-state index in [1.165, 1.54) is 54.8 Å². The Hall–Kier alpha value is -7.36. The summed E-state index contributed by atoms with van der Waals surface area (Å²) in [6.07, 6.45) is 12.0. The van der Waals surface area contributed by atoms with Crippen LogP contribution in [-0.2, 0) is 0 Å². The molecule has 1 heterocycles. The van der Waals surface area contributed by atoms with Crippen LogP contribution >= 0.6 is 0 Å². The highest BCUT2D eigenvalue weighted by molar-refractivity contribution is 6.19. The minimum Gasteiger partial charge on any atom is -0.356 e. The number of hydrogen-bond donors (Lipinski definition) is 1. The minimum absolute atomic E-state index is 0.907. The van der Waals surface area contributed by atoms with Gasteiger partial charge in [0.05, 0.1) is 11.0 Å². The molecule has 0 aliphatic heterocycles. The number of benzene rings is 8. The molecule has 1 N–H and O–H groups in total. The van der Waals surface area contributed by atoms with E-state index in [-0.39, 0.29) is 0 Å². The first-order valence-corrected chi connectivity index (χ1v) is 19.2. The number of anilines is 4. The van der Waals surface area contributed by atoms with Gasteiger partial charge < -0.3 is 14.8 Å². The van der Waals surface area contributed by atoms with E-state index in [1.807, 2.05) is 18.2 Å². The van der Waals surface area contributed by atoms with E-state index >= 15 is 0 Å². The van der Waals surface area contributed by atoms with Gasteiger partial charge in [-0.05, 0) is 113 Å². The topological polar surface area (TPSA) is 20.2 Å². The van der Waals surface area contributed by atoms with Crippen molar-refractivity contribution in [3.8, 4) is 27.9 Å². The van der Waals surface area contributed by atoms with Crippen molar-refractivity contribution in [3.05, 3.63) is 224 Å². The molecule has 0 saturated carbocycles. The fourth-order valence-electron chi connectivity index (χ4n) is 8.01. The highest BCUT2D eigenvalue weighted by Gasteiger charge is 2.19. The smallest absolute Gasteiger partial charge is 0.0619 e. The third-order valence-corrected chi connectivity index (χ3v) is 10.8. The molecule has 0 spiro atoms. The van der Waals surface area contributed by atoms with Gasteiger partial charge in [0, 0.05) is 50.3 Å². The second-order valence-electron chi connectivity index (χ2n) is 14.2. The van der Waals surface area contributed by atoms with E-state index in [0.29, 0.717) is 0 Å². The van der Waals surface area contributed by atoms with Crippen LogP contribution in [0.1, 0.15) is 6.42 Å². The molecule has 10 rings (SSSR count). The summed E-state index contributed by atoms with van der Waals surface area (Å²) in [4.78, 5) is 2.38. The van der Waals surface area contributed by atoms with Crippen LogP contribution in [0.2, 0.25) is 0 Å². The summed E-state index contributed by atoms with van der Waals surface area (Å²) in [6.45, 7) is 0. The van der Waals surface area contributed by atoms with Crippen molar-refractivity contribution >= 4 is 55.3 Å². The van der Waals surface area contributed by atoms with Crippen molar-refractivity contribution in [2.24, 2.45) is 0 Å². The molecule has 1 aromatic heterocycles. The Morgan fingerprint density at radius 2 is 1.09 bits per heavy atom. The Bertz CT molecular complexity index is 2920. The number of aromatic nitrogens is 1. The fourth-order valence-corrected chi connectivity index (χ4v) is 8.01. The predicted molar refractivity (Wildman–Crippen MR) is 238 cm³/mol. The van der Waals surface area contributed by atoms with Crippen molar-refractivity contribution in [1.82, 2.24) is 4.57 Å². The molecule has 3 heteroatoms. The van der Waals surface area contributed by atoms with Crippen LogP contribution in [0, 0.1) is 0 Å².